The maximum absolute atomic E-state index is 7.24. The van der Waals surface area contributed by atoms with Gasteiger partial charge in [-0.2, -0.15) is 4.85 Å². The Morgan fingerprint density at radius 3 is 2.21 bits per heavy atom. The maximum Gasteiger partial charge on any atom is 0.235 e. The molecule has 0 aliphatic rings. The molecule has 0 saturated heterocycles. The summed E-state index contributed by atoms with van der Waals surface area (Å²) in [6.07, 6.45) is 3.66. The number of hydrogen-bond acceptors (Lipinski definition) is 2. The fourth-order valence-electron chi connectivity index (χ4n) is 3.41. The van der Waals surface area contributed by atoms with E-state index < -0.39 is 0 Å². The van der Waals surface area contributed by atoms with Gasteiger partial charge in [0.05, 0.1) is 0 Å². The van der Waals surface area contributed by atoms with Gasteiger partial charge in [0.1, 0.15) is 6.57 Å². The van der Waals surface area contributed by atoms with Crippen molar-refractivity contribution in [3.8, 4) is 33.6 Å². The van der Waals surface area contributed by atoms with Gasteiger partial charge in [-0.1, -0.05) is 54.6 Å². The number of aryl methyl sites for hydroxylation is 1. The molecule has 34 heavy (non-hydrogen) atoms. The summed E-state index contributed by atoms with van der Waals surface area (Å²) in [5.41, 5.74) is 7.54. The summed E-state index contributed by atoms with van der Waals surface area (Å²) in [6, 6.07) is 37.6. The first kappa shape index (κ1) is 24.7. The fraction of sp³-hybridized carbons (Fsp3) is 0.0333. The van der Waals surface area contributed by atoms with Gasteiger partial charge < -0.3 is 9.97 Å². The molecule has 0 aliphatic heterocycles. The molecule has 3 aromatic carbocycles. The van der Waals surface area contributed by atoms with E-state index >= 15 is 0 Å². The van der Waals surface area contributed by atoms with Crippen molar-refractivity contribution in [3.05, 3.63) is 139 Å². The van der Waals surface area contributed by atoms with Crippen LogP contribution in [-0.4, -0.2) is 9.97 Å². The third-order valence-electron chi connectivity index (χ3n) is 5.06. The Kier molecular flexibility index (Phi) is 9.00. The monoisotopic (exact) mass is 616 g/mol. The van der Waals surface area contributed by atoms with Crippen LogP contribution in [0.2, 0.25) is 0 Å². The Hall–Kier alpha value is -3.90. The van der Waals surface area contributed by atoms with Crippen LogP contribution in [0.5, 0.6) is 0 Å². The largest absolute Gasteiger partial charge is 0.305 e. The van der Waals surface area contributed by atoms with Crippen molar-refractivity contribution in [1.82, 2.24) is 9.97 Å². The van der Waals surface area contributed by atoms with Gasteiger partial charge >= 0.3 is 0 Å². The van der Waals surface area contributed by atoms with E-state index in [9.17, 15) is 0 Å². The number of rotatable bonds is 3. The molecule has 3 nitrogen and oxygen atoms in total. The van der Waals surface area contributed by atoms with Crippen molar-refractivity contribution in [2.75, 3.05) is 0 Å². The zero-order valence-corrected chi connectivity index (χ0v) is 21.0. The predicted octanol–water partition coefficient (Wildman–Crippen LogP) is 7.62. The van der Waals surface area contributed by atoms with Crippen LogP contribution < -0.4 is 0 Å². The molecule has 0 bridgehead atoms. The topological polar surface area (TPSA) is 30.1 Å². The van der Waals surface area contributed by atoms with Gasteiger partial charge in [0.2, 0.25) is 5.69 Å². The summed E-state index contributed by atoms with van der Waals surface area (Å²) in [4.78, 5) is 12.3. The van der Waals surface area contributed by atoms with Crippen molar-refractivity contribution in [2.24, 2.45) is 0 Å². The number of aromatic nitrogens is 2. The Balaban J connectivity index is 0.000000212. The van der Waals surface area contributed by atoms with Crippen molar-refractivity contribution in [2.45, 2.75) is 6.92 Å². The Morgan fingerprint density at radius 1 is 0.765 bits per heavy atom. The van der Waals surface area contributed by atoms with E-state index in [0.717, 1.165) is 39.2 Å². The molecule has 0 amide bonds. The first-order valence-electron chi connectivity index (χ1n) is 10.5. The molecule has 4 heteroatoms. The van der Waals surface area contributed by atoms with Gasteiger partial charge in [0.15, 0.2) is 0 Å². The van der Waals surface area contributed by atoms with Crippen LogP contribution in [0, 0.1) is 25.6 Å². The van der Waals surface area contributed by atoms with Gasteiger partial charge in [-0.25, -0.2) is 0 Å². The van der Waals surface area contributed by atoms with E-state index in [1.54, 1.807) is 12.3 Å². The third kappa shape index (κ3) is 6.11. The zero-order valence-electron chi connectivity index (χ0n) is 18.6. The van der Waals surface area contributed by atoms with E-state index in [1.807, 2.05) is 85.1 Å². The molecular formula is C30H21IrN3-2. The van der Waals surface area contributed by atoms with Crippen LogP contribution in [-0.2, 0) is 20.1 Å². The standard InChI is InChI=1S/C19H13N2.C11H8N.Ir/c1-14-12-19(16-10-6-7-11-18(16)20-2)21-13-17(14)15-8-4-3-5-9-15;1-2-6-10(7-3-1)11-8-4-5-9-12-11;/h3-9,11-13H,1H3;1-6,8-9H;/q2*-1;. The number of pyridine rings is 2. The van der Waals surface area contributed by atoms with Crippen LogP contribution in [0.1, 0.15) is 5.56 Å². The molecule has 2 aromatic heterocycles. The summed E-state index contributed by atoms with van der Waals surface area (Å²) in [5, 5.41) is 0. The second kappa shape index (κ2) is 12.4. The number of hydrogen-bond donors (Lipinski definition) is 0. The molecule has 0 spiro atoms. The number of nitrogens with zero attached hydrogens (tertiary/aromatic N) is 3. The molecule has 0 unspecified atom stereocenters. The zero-order chi connectivity index (χ0) is 22.9. The average Bonchev–Trinajstić information content (AvgIpc) is 2.90. The minimum Gasteiger partial charge on any atom is -0.305 e. The minimum atomic E-state index is 0. The van der Waals surface area contributed by atoms with Crippen molar-refractivity contribution in [1.29, 1.82) is 0 Å². The van der Waals surface area contributed by atoms with Gasteiger partial charge in [0, 0.05) is 38.1 Å². The molecular weight excluding hydrogens is 595 g/mol. The van der Waals surface area contributed by atoms with Gasteiger partial charge in [-0.3, -0.25) is 0 Å². The second-order valence-electron chi connectivity index (χ2n) is 7.28. The average molecular weight is 616 g/mol. The van der Waals surface area contributed by atoms with E-state index in [2.05, 4.69) is 46.0 Å². The molecule has 2 heterocycles. The summed E-state index contributed by atoms with van der Waals surface area (Å²) >= 11 is 0. The molecule has 5 rings (SSSR count). The van der Waals surface area contributed by atoms with Crippen LogP contribution >= 0.6 is 0 Å². The van der Waals surface area contributed by atoms with Gasteiger partial charge in [-0.15, -0.1) is 54.1 Å². The Bertz CT molecular complexity index is 1330. The normalized spacial score (nSPS) is 9.65. The molecule has 0 N–H and O–H groups in total. The fourth-order valence-corrected chi connectivity index (χ4v) is 3.41. The van der Waals surface area contributed by atoms with Crippen molar-refractivity contribution >= 4 is 5.69 Å². The molecule has 5 aromatic rings. The molecule has 1 radical (unpaired) electrons. The maximum atomic E-state index is 7.24. The molecule has 0 atom stereocenters. The van der Waals surface area contributed by atoms with Crippen LogP contribution in [0.4, 0.5) is 5.69 Å². The van der Waals surface area contributed by atoms with Crippen molar-refractivity contribution < 1.29 is 20.1 Å². The predicted molar refractivity (Wildman–Crippen MR) is 133 cm³/mol. The first-order valence-corrected chi connectivity index (χ1v) is 10.5. The molecule has 0 aliphatic carbocycles. The van der Waals surface area contributed by atoms with Crippen molar-refractivity contribution in [3.63, 3.8) is 0 Å². The van der Waals surface area contributed by atoms with E-state index in [-0.39, 0.29) is 20.1 Å². The Labute approximate surface area is 214 Å². The summed E-state index contributed by atoms with van der Waals surface area (Å²) in [6.45, 7) is 9.30. The Morgan fingerprint density at radius 2 is 1.53 bits per heavy atom. The SMILES string of the molecule is [C-]#[N+]c1ccc[c-]c1-c1cc(C)c(-c2ccccc2)cn1.[Ir].[c-]1ccccc1-c1ccccn1. The quantitative estimate of drug-likeness (QED) is 0.196. The van der Waals surface area contributed by atoms with Crippen LogP contribution in [0.15, 0.2) is 109 Å². The second-order valence-corrected chi connectivity index (χ2v) is 7.28. The first-order chi connectivity index (χ1) is 16.3. The number of benzene rings is 3. The summed E-state index contributed by atoms with van der Waals surface area (Å²) in [7, 11) is 0. The third-order valence-corrected chi connectivity index (χ3v) is 5.06. The molecule has 167 valence electrons. The summed E-state index contributed by atoms with van der Waals surface area (Å²) < 4.78 is 0. The van der Waals surface area contributed by atoms with Crippen LogP contribution in [0.3, 0.4) is 0 Å². The summed E-state index contributed by atoms with van der Waals surface area (Å²) in [5.74, 6) is 0. The van der Waals surface area contributed by atoms with E-state index in [1.165, 1.54) is 0 Å². The molecule has 0 saturated carbocycles. The van der Waals surface area contributed by atoms with E-state index in [4.69, 9.17) is 6.57 Å². The minimum absolute atomic E-state index is 0. The van der Waals surface area contributed by atoms with Crippen LogP contribution in [0.25, 0.3) is 38.5 Å². The van der Waals surface area contributed by atoms with E-state index in [0.29, 0.717) is 5.69 Å². The molecule has 0 fully saturated rings. The smallest absolute Gasteiger partial charge is 0.235 e. The van der Waals surface area contributed by atoms with Gasteiger partial charge in [0.25, 0.3) is 0 Å². The van der Waals surface area contributed by atoms with Gasteiger partial charge in [-0.05, 0) is 41.1 Å².